The van der Waals surface area contributed by atoms with Crippen molar-refractivity contribution in [2.45, 2.75) is 13.8 Å². The monoisotopic (exact) mass is 394 g/mol. The molecule has 0 unspecified atom stereocenters. The number of aryl methyl sites for hydroxylation is 1. The second-order valence-corrected chi connectivity index (χ2v) is 6.13. The van der Waals surface area contributed by atoms with Crippen molar-refractivity contribution < 1.29 is 14.3 Å². The van der Waals surface area contributed by atoms with Crippen molar-refractivity contribution in [1.29, 1.82) is 5.26 Å². The molecule has 2 aromatic carbocycles. The molecule has 0 aliphatic rings. The minimum atomic E-state index is -0.534. The highest BCUT2D eigenvalue weighted by molar-refractivity contribution is 6.31. The van der Waals surface area contributed by atoms with Gasteiger partial charge >= 0.3 is 0 Å². The molecule has 5 nitrogen and oxygen atoms in total. The second kappa shape index (κ2) is 10.1. The van der Waals surface area contributed by atoms with Gasteiger partial charge in [0.15, 0.2) is 11.5 Å². The van der Waals surface area contributed by atoms with E-state index in [-0.39, 0.29) is 12.2 Å². The summed E-state index contributed by atoms with van der Waals surface area (Å²) in [6.45, 7) is 4.25. The van der Waals surface area contributed by atoms with Crippen LogP contribution in [0.1, 0.15) is 18.1 Å². The van der Waals surface area contributed by atoms with Gasteiger partial charge in [0, 0.05) is 10.7 Å². The van der Waals surface area contributed by atoms with Gasteiger partial charge in [-0.3, -0.25) is 4.79 Å². The van der Waals surface area contributed by atoms with Gasteiger partial charge in [-0.25, -0.2) is 0 Å². The maximum atomic E-state index is 12.4. The molecular weight excluding hydrogens is 376 g/mol. The van der Waals surface area contributed by atoms with E-state index in [2.05, 4.69) is 11.2 Å². The maximum Gasteiger partial charge on any atom is 0.266 e. The second-order valence-electron chi connectivity index (χ2n) is 5.72. The number of nitrogens with zero attached hydrogens (tertiary/aromatic N) is 1. The number of hydrogen-bond donors (Lipinski definition) is 1. The number of terminal acetylenes is 1. The minimum absolute atomic E-state index is 0.0589. The molecule has 0 saturated heterocycles. The molecule has 0 aliphatic carbocycles. The summed E-state index contributed by atoms with van der Waals surface area (Å²) in [4.78, 5) is 12.4. The largest absolute Gasteiger partial charge is 0.490 e. The fraction of sp³-hybridized carbons (Fsp3) is 0.182. The molecule has 1 N–H and O–H groups in total. The van der Waals surface area contributed by atoms with Crippen LogP contribution in [0.25, 0.3) is 6.08 Å². The van der Waals surface area contributed by atoms with Crippen molar-refractivity contribution in [3.8, 4) is 29.9 Å². The Morgan fingerprint density at radius 1 is 1.25 bits per heavy atom. The maximum absolute atomic E-state index is 12.4. The zero-order chi connectivity index (χ0) is 20.5. The Bertz CT molecular complexity index is 984. The van der Waals surface area contributed by atoms with Crippen LogP contribution in [-0.2, 0) is 4.79 Å². The summed E-state index contributed by atoms with van der Waals surface area (Å²) in [6, 6.07) is 12.1. The molecule has 2 rings (SSSR count). The third-order valence-corrected chi connectivity index (χ3v) is 4.09. The molecule has 0 aromatic heterocycles. The Hall–Kier alpha value is -3.41. The molecule has 1 amide bonds. The average molecular weight is 395 g/mol. The summed E-state index contributed by atoms with van der Waals surface area (Å²) >= 11 is 6.07. The number of nitriles is 1. The van der Waals surface area contributed by atoms with Gasteiger partial charge in [-0.15, -0.1) is 6.42 Å². The van der Waals surface area contributed by atoms with Gasteiger partial charge in [-0.1, -0.05) is 29.7 Å². The van der Waals surface area contributed by atoms with E-state index in [0.717, 1.165) is 5.56 Å². The third-order valence-electron chi connectivity index (χ3n) is 3.68. The van der Waals surface area contributed by atoms with Gasteiger partial charge in [0.05, 0.1) is 6.61 Å². The molecule has 142 valence electrons. The first-order valence-electron chi connectivity index (χ1n) is 8.51. The molecule has 0 bridgehead atoms. The Morgan fingerprint density at radius 3 is 2.68 bits per heavy atom. The lowest BCUT2D eigenvalue weighted by atomic mass is 10.1. The number of ether oxygens (including phenoxy) is 2. The SMILES string of the molecule is C#CCOc1ccc(/C=C(\C#N)C(=O)Nc2ccc(C)c(Cl)c2)cc1OCC. The van der Waals surface area contributed by atoms with E-state index in [1.807, 2.05) is 19.9 Å². The number of halogens is 1. The van der Waals surface area contributed by atoms with Gasteiger partial charge in [-0.05, 0) is 55.3 Å². The Kier molecular flexibility index (Phi) is 7.51. The lowest BCUT2D eigenvalue weighted by molar-refractivity contribution is -0.112. The van der Waals surface area contributed by atoms with Crippen molar-refractivity contribution >= 4 is 29.3 Å². The Labute approximate surface area is 169 Å². The van der Waals surface area contributed by atoms with Crippen molar-refractivity contribution in [2.24, 2.45) is 0 Å². The van der Waals surface area contributed by atoms with Crippen LogP contribution in [-0.4, -0.2) is 19.1 Å². The van der Waals surface area contributed by atoms with Crippen molar-refractivity contribution in [2.75, 3.05) is 18.5 Å². The highest BCUT2D eigenvalue weighted by atomic mass is 35.5. The van der Waals surface area contributed by atoms with Crippen LogP contribution >= 0.6 is 11.6 Å². The van der Waals surface area contributed by atoms with Crippen LogP contribution in [0.3, 0.4) is 0 Å². The number of amides is 1. The summed E-state index contributed by atoms with van der Waals surface area (Å²) in [5.41, 5.74) is 1.96. The molecule has 0 spiro atoms. The number of rotatable bonds is 7. The minimum Gasteiger partial charge on any atom is -0.490 e. The number of hydrogen-bond acceptors (Lipinski definition) is 4. The molecule has 0 aliphatic heterocycles. The fourth-order valence-corrected chi connectivity index (χ4v) is 2.49. The predicted molar refractivity (Wildman–Crippen MR) is 110 cm³/mol. The molecule has 0 radical (unpaired) electrons. The summed E-state index contributed by atoms with van der Waals surface area (Å²) in [7, 11) is 0. The first kappa shape index (κ1) is 20.9. The quantitative estimate of drug-likeness (QED) is 0.423. The van der Waals surface area contributed by atoms with Crippen molar-refractivity contribution in [1.82, 2.24) is 0 Å². The molecule has 0 fully saturated rings. The molecule has 2 aromatic rings. The lowest BCUT2D eigenvalue weighted by Gasteiger charge is -2.11. The van der Waals surface area contributed by atoms with Gasteiger partial charge in [0.1, 0.15) is 18.2 Å². The molecule has 0 atom stereocenters. The van der Waals surface area contributed by atoms with Gasteiger partial charge < -0.3 is 14.8 Å². The molecule has 6 heteroatoms. The van der Waals surface area contributed by atoms with E-state index in [4.69, 9.17) is 27.5 Å². The molecular formula is C22H19ClN2O3. The summed E-state index contributed by atoms with van der Waals surface area (Å²) in [6.07, 6.45) is 6.69. The zero-order valence-electron chi connectivity index (χ0n) is 15.6. The molecule has 28 heavy (non-hydrogen) atoms. The number of anilines is 1. The Morgan fingerprint density at radius 2 is 2.04 bits per heavy atom. The highest BCUT2D eigenvalue weighted by Crippen LogP contribution is 2.29. The summed E-state index contributed by atoms with van der Waals surface area (Å²) < 4.78 is 11.0. The van der Waals surface area contributed by atoms with E-state index in [1.165, 1.54) is 6.08 Å². The van der Waals surface area contributed by atoms with Gasteiger partial charge in [0.25, 0.3) is 5.91 Å². The molecule has 0 saturated carbocycles. The number of nitrogens with one attached hydrogen (secondary N) is 1. The lowest BCUT2D eigenvalue weighted by Crippen LogP contribution is -2.13. The number of benzene rings is 2. The average Bonchev–Trinajstić information content (AvgIpc) is 2.68. The number of carbonyl (C=O) groups excluding carboxylic acids is 1. The van der Waals surface area contributed by atoms with E-state index >= 15 is 0 Å². The van der Waals surface area contributed by atoms with Gasteiger partial charge in [0.2, 0.25) is 0 Å². The van der Waals surface area contributed by atoms with Crippen LogP contribution < -0.4 is 14.8 Å². The highest BCUT2D eigenvalue weighted by Gasteiger charge is 2.12. The first-order valence-corrected chi connectivity index (χ1v) is 8.88. The topological polar surface area (TPSA) is 71.3 Å². The predicted octanol–water partition coefficient (Wildman–Crippen LogP) is 4.60. The van der Waals surface area contributed by atoms with Crippen LogP contribution in [0, 0.1) is 30.6 Å². The Balaban J connectivity index is 2.26. The smallest absolute Gasteiger partial charge is 0.266 e. The van der Waals surface area contributed by atoms with Crippen molar-refractivity contribution in [3.63, 3.8) is 0 Å². The third kappa shape index (κ3) is 5.54. The number of carbonyl (C=O) groups is 1. The van der Waals surface area contributed by atoms with E-state index in [1.54, 1.807) is 36.4 Å². The van der Waals surface area contributed by atoms with Crippen LogP contribution in [0.2, 0.25) is 5.02 Å². The molecule has 0 heterocycles. The van der Waals surface area contributed by atoms with E-state index < -0.39 is 5.91 Å². The van der Waals surface area contributed by atoms with Gasteiger partial charge in [-0.2, -0.15) is 5.26 Å². The van der Waals surface area contributed by atoms with Crippen molar-refractivity contribution in [3.05, 3.63) is 58.1 Å². The van der Waals surface area contributed by atoms with Crippen LogP contribution in [0.4, 0.5) is 5.69 Å². The zero-order valence-corrected chi connectivity index (χ0v) is 16.3. The standard InChI is InChI=1S/C22H19ClN2O3/c1-4-10-28-20-9-7-16(12-21(20)27-5-2)11-17(14-24)22(26)25-18-8-6-15(3)19(23)13-18/h1,6-9,11-13H,5,10H2,2-3H3,(H,25,26)/b17-11+. The first-order chi connectivity index (χ1) is 13.5. The summed E-state index contributed by atoms with van der Waals surface area (Å²) in [5, 5.41) is 12.6. The summed E-state index contributed by atoms with van der Waals surface area (Å²) in [5.74, 6) is 2.83. The van der Waals surface area contributed by atoms with E-state index in [0.29, 0.717) is 34.4 Å². The normalized spacial score (nSPS) is 10.5. The van der Waals surface area contributed by atoms with Crippen LogP contribution in [0.5, 0.6) is 11.5 Å². The fourth-order valence-electron chi connectivity index (χ4n) is 2.31. The van der Waals surface area contributed by atoms with Crippen LogP contribution in [0.15, 0.2) is 42.0 Å². The van der Waals surface area contributed by atoms with E-state index in [9.17, 15) is 10.1 Å².